The Morgan fingerprint density at radius 3 is 2.44 bits per heavy atom. The minimum Gasteiger partial charge on any atom is -0.368 e. The molecule has 86 valence electrons. The summed E-state index contributed by atoms with van der Waals surface area (Å²) in [6, 6.07) is 5.63. The lowest BCUT2D eigenvalue weighted by molar-refractivity contribution is -0.125. The molecular weight excluding hydrogens is 211 g/mol. The van der Waals surface area contributed by atoms with Crippen molar-refractivity contribution in [3.05, 3.63) is 35.6 Å². The zero-order valence-electron chi connectivity index (χ0n) is 8.87. The zero-order chi connectivity index (χ0) is 12.1. The second kappa shape index (κ2) is 5.25. The lowest BCUT2D eigenvalue weighted by Crippen LogP contribution is -2.35. The Bertz CT molecular complexity index is 389. The Morgan fingerprint density at radius 2 is 1.94 bits per heavy atom. The van der Waals surface area contributed by atoms with Gasteiger partial charge in [-0.15, -0.1) is 0 Å². The van der Waals surface area contributed by atoms with E-state index in [1.165, 1.54) is 24.3 Å². The van der Waals surface area contributed by atoms with E-state index in [0.717, 1.165) is 0 Å². The van der Waals surface area contributed by atoms with Crippen LogP contribution in [0.1, 0.15) is 18.4 Å². The normalized spacial score (nSPS) is 11.9. The van der Waals surface area contributed by atoms with Crippen LogP contribution in [0.25, 0.3) is 0 Å². The van der Waals surface area contributed by atoms with Crippen LogP contribution in [0, 0.1) is 5.82 Å². The van der Waals surface area contributed by atoms with Gasteiger partial charge in [0, 0.05) is 0 Å². The zero-order valence-corrected chi connectivity index (χ0v) is 8.87. The maximum atomic E-state index is 12.6. The topological polar surface area (TPSA) is 72.2 Å². The predicted octanol–water partition coefficient (Wildman–Crippen LogP) is 0.531. The van der Waals surface area contributed by atoms with Gasteiger partial charge in [0.15, 0.2) is 0 Å². The first-order chi connectivity index (χ1) is 7.50. The molecule has 2 amide bonds. The summed E-state index contributed by atoms with van der Waals surface area (Å²) in [5.41, 5.74) is 5.58. The summed E-state index contributed by atoms with van der Waals surface area (Å²) in [4.78, 5) is 22.0. The minimum atomic E-state index is -0.598. The molecule has 0 radical (unpaired) electrons. The van der Waals surface area contributed by atoms with Crippen molar-refractivity contribution < 1.29 is 14.0 Å². The van der Waals surface area contributed by atoms with Crippen molar-refractivity contribution in [1.82, 2.24) is 5.32 Å². The molecule has 0 unspecified atom stereocenters. The van der Waals surface area contributed by atoms with Gasteiger partial charge in [-0.05, 0) is 24.6 Å². The van der Waals surface area contributed by atoms with Crippen molar-refractivity contribution in [2.45, 2.75) is 12.8 Å². The molecule has 0 saturated heterocycles. The van der Waals surface area contributed by atoms with Crippen molar-refractivity contribution in [1.29, 1.82) is 0 Å². The highest BCUT2D eigenvalue weighted by atomic mass is 19.1. The summed E-state index contributed by atoms with van der Waals surface area (Å²) in [7, 11) is 0. The molecular formula is C11H13FN2O2. The number of amides is 2. The average molecular weight is 224 g/mol. The second-order valence-corrected chi connectivity index (χ2v) is 3.46. The standard InChI is InChI=1S/C11H13FN2O2/c1-7(11(16)14-6-10(13)15)8-2-4-9(12)5-3-8/h2-5,7H,6H2,1H3,(H2,13,15)(H,14,16)/t7-/m1/s1. The molecule has 4 nitrogen and oxygen atoms in total. The molecule has 1 aromatic carbocycles. The van der Waals surface area contributed by atoms with Gasteiger partial charge in [0.1, 0.15) is 5.82 Å². The van der Waals surface area contributed by atoms with Crippen LogP contribution in [0.2, 0.25) is 0 Å². The second-order valence-electron chi connectivity index (χ2n) is 3.46. The van der Waals surface area contributed by atoms with Gasteiger partial charge in [-0.25, -0.2) is 4.39 Å². The van der Waals surface area contributed by atoms with Crippen molar-refractivity contribution >= 4 is 11.8 Å². The van der Waals surface area contributed by atoms with Gasteiger partial charge in [-0.1, -0.05) is 12.1 Å². The SMILES string of the molecule is C[C@@H](C(=O)NCC(N)=O)c1ccc(F)cc1. The fourth-order valence-corrected chi connectivity index (χ4v) is 1.23. The van der Waals surface area contributed by atoms with Crippen LogP contribution in [-0.2, 0) is 9.59 Å². The van der Waals surface area contributed by atoms with Crippen LogP contribution in [0.5, 0.6) is 0 Å². The summed E-state index contributed by atoms with van der Waals surface area (Å²) in [5, 5.41) is 2.39. The number of nitrogens with one attached hydrogen (secondary N) is 1. The van der Waals surface area contributed by atoms with Gasteiger partial charge in [0.25, 0.3) is 0 Å². The van der Waals surface area contributed by atoms with Gasteiger partial charge in [-0.2, -0.15) is 0 Å². The fourth-order valence-electron chi connectivity index (χ4n) is 1.23. The molecule has 16 heavy (non-hydrogen) atoms. The van der Waals surface area contributed by atoms with Gasteiger partial charge in [-0.3, -0.25) is 9.59 Å². The molecule has 0 heterocycles. The van der Waals surface area contributed by atoms with Crippen molar-refractivity contribution in [3.8, 4) is 0 Å². The van der Waals surface area contributed by atoms with Gasteiger partial charge in [0.2, 0.25) is 11.8 Å². The van der Waals surface area contributed by atoms with E-state index in [0.29, 0.717) is 5.56 Å². The summed E-state index contributed by atoms with van der Waals surface area (Å²) >= 11 is 0. The first kappa shape index (κ1) is 12.2. The van der Waals surface area contributed by atoms with Crippen LogP contribution in [0.4, 0.5) is 4.39 Å². The van der Waals surface area contributed by atoms with E-state index in [1.54, 1.807) is 6.92 Å². The lowest BCUT2D eigenvalue weighted by atomic mass is 10.0. The largest absolute Gasteiger partial charge is 0.368 e. The van der Waals surface area contributed by atoms with Gasteiger partial charge in [0.05, 0.1) is 12.5 Å². The molecule has 0 spiro atoms. The summed E-state index contributed by atoms with van der Waals surface area (Å²) in [5.74, 6) is -1.71. The van der Waals surface area contributed by atoms with Crippen LogP contribution in [0.3, 0.4) is 0 Å². The van der Waals surface area contributed by atoms with E-state index in [9.17, 15) is 14.0 Å². The smallest absolute Gasteiger partial charge is 0.236 e. The first-order valence-corrected chi connectivity index (χ1v) is 4.82. The highest BCUT2D eigenvalue weighted by molar-refractivity contribution is 5.87. The highest BCUT2D eigenvalue weighted by Gasteiger charge is 2.15. The van der Waals surface area contributed by atoms with Crippen LogP contribution in [0.15, 0.2) is 24.3 Å². The number of rotatable bonds is 4. The van der Waals surface area contributed by atoms with Crippen LogP contribution < -0.4 is 11.1 Å². The quantitative estimate of drug-likeness (QED) is 0.783. The van der Waals surface area contributed by atoms with Gasteiger partial charge >= 0.3 is 0 Å². The van der Waals surface area contributed by atoms with E-state index in [4.69, 9.17) is 5.73 Å². The number of primary amides is 1. The highest BCUT2D eigenvalue weighted by Crippen LogP contribution is 2.15. The molecule has 0 saturated carbocycles. The van der Waals surface area contributed by atoms with Crippen LogP contribution >= 0.6 is 0 Å². The average Bonchev–Trinajstić information content (AvgIpc) is 2.26. The number of hydrogen-bond acceptors (Lipinski definition) is 2. The Balaban J connectivity index is 2.63. The molecule has 0 aromatic heterocycles. The third kappa shape index (κ3) is 3.34. The molecule has 0 aliphatic carbocycles. The predicted molar refractivity (Wildman–Crippen MR) is 57.0 cm³/mol. The summed E-state index contributed by atoms with van der Waals surface area (Å²) < 4.78 is 12.6. The van der Waals surface area contributed by atoms with Crippen molar-refractivity contribution in [3.63, 3.8) is 0 Å². The molecule has 0 aliphatic rings. The molecule has 1 rings (SSSR count). The monoisotopic (exact) mass is 224 g/mol. The number of carbonyl (C=O) groups excluding carboxylic acids is 2. The van der Waals surface area contributed by atoms with E-state index in [-0.39, 0.29) is 18.3 Å². The Morgan fingerprint density at radius 1 is 1.38 bits per heavy atom. The molecule has 1 aromatic rings. The number of hydrogen-bond donors (Lipinski definition) is 2. The summed E-state index contributed by atoms with van der Waals surface area (Å²) in [6.45, 7) is 1.48. The Hall–Kier alpha value is -1.91. The third-order valence-corrected chi connectivity index (χ3v) is 2.20. The third-order valence-electron chi connectivity index (χ3n) is 2.20. The number of halogens is 1. The Kier molecular flexibility index (Phi) is 3.99. The number of nitrogens with two attached hydrogens (primary N) is 1. The first-order valence-electron chi connectivity index (χ1n) is 4.82. The lowest BCUT2D eigenvalue weighted by Gasteiger charge is -2.11. The van der Waals surface area contributed by atoms with E-state index in [2.05, 4.69) is 5.32 Å². The van der Waals surface area contributed by atoms with Crippen LogP contribution in [-0.4, -0.2) is 18.4 Å². The Labute approximate surface area is 92.6 Å². The van der Waals surface area contributed by atoms with Crippen molar-refractivity contribution in [2.75, 3.05) is 6.54 Å². The maximum absolute atomic E-state index is 12.6. The van der Waals surface area contributed by atoms with Crippen molar-refractivity contribution in [2.24, 2.45) is 5.73 Å². The maximum Gasteiger partial charge on any atom is 0.236 e. The number of benzene rings is 1. The molecule has 5 heteroatoms. The molecule has 0 fully saturated rings. The van der Waals surface area contributed by atoms with E-state index >= 15 is 0 Å². The minimum absolute atomic E-state index is 0.190. The van der Waals surface area contributed by atoms with E-state index in [1.807, 2.05) is 0 Å². The molecule has 1 atom stereocenters. The fraction of sp³-hybridized carbons (Fsp3) is 0.273. The molecule has 0 bridgehead atoms. The summed E-state index contributed by atoms with van der Waals surface area (Å²) in [6.07, 6.45) is 0. The molecule has 0 aliphatic heterocycles. The number of carbonyl (C=O) groups is 2. The molecule has 3 N–H and O–H groups in total. The van der Waals surface area contributed by atoms with Gasteiger partial charge < -0.3 is 11.1 Å². The van der Waals surface area contributed by atoms with E-state index < -0.39 is 11.8 Å².